The highest BCUT2D eigenvalue weighted by atomic mass is 35.5. The average molecular weight is 369 g/mol. The molecule has 0 bridgehead atoms. The van der Waals surface area contributed by atoms with Crippen molar-refractivity contribution in [1.29, 1.82) is 0 Å². The van der Waals surface area contributed by atoms with Crippen LogP contribution in [-0.4, -0.2) is 53.6 Å². The van der Waals surface area contributed by atoms with Crippen LogP contribution in [0.4, 0.5) is 4.39 Å². The number of carbonyl (C=O) groups excluding carboxylic acids is 1. The van der Waals surface area contributed by atoms with E-state index >= 15 is 0 Å². The molecule has 2 fully saturated rings. The maximum absolute atomic E-state index is 14.0. The van der Waals surface area contributed by atoms with E-state index in [9.17, 15) is 9.18 Å². The van der Waals surface area contributed by atoms with Gasteiger partial charge in [-0.1, -0.05) is 17.7 Å². The molecule has 0 saturated carbocycles. The molecule has 1 N–H and O–H groups in total. The molecular weight excluding hydrogens is 343 g/mol. The quantitative estimate of drug-likeness (QED) is 0.868. The second-order valence-corrected chi connectivity index (χ2v) is 7.84. The van der Waals surface area contributed by atoms with Crippen LogP contribution in [0.1, 0.15) is 37.7 Å². The molecule has 0 atom stereocenters. The van der Waals surface area contributed by atoms with Gasteiger partial charge in [0.25, 0.3) is 0 Å². The monoisotopic (exact) mass is 368 g/mol. The molecule has 3 rings (SSSR count). The fourth-order valence-corrected chi connectivity index (χ4v) is 4.21. The Hall–Kier alpha value is -1.17. The molecule has 1 amide bonds. The van der Waals surface area contributed by atoms with E-state index in [4.69, 9.17) is 16.7 Å². The van der Waals surface area contributed by atoms with Crippen molar-refractivity contribution in [1.82, 2.24) is 9.80 Å². The van der Waals surface area contributed by atoms with Crippen LogP contribution in [0.3, 0.4) is 0 Å². The fraction of sp³-hybridized carbons (Fsp3) is 0.632. The van der Waals surface area contributed by atoms with Crippen molar-refractivity contribution in [2.24, 2.45) is 5.41 Å². The van der Waals surface area contributed by atoms with E-state index in [1.54, 1.807) is 12.1 Å². The minimum Gasteiger partial charge on any atom is -0.396 e. The van der Waals surface area contributed by atoms with Gasteiger partial charge in [0.2, 0.25) is 5.91 Å². The Morgan fingerprint density at radius 3 is 2.68 bits per heavy atom. The SMILES string of the molecule is O=C1CCC2(CCN(Cc3ccc(Cl)cc3F)CC2)CN1CCCO. The van der Waals surface area contributed by atoms with E-state index in [1.165, 1.54) is 6.07 Å². The van der Waals surface area contributed by atoms with Crippen LogP contribution in [0.5, 0.6) is 0 Å². The lowest BCUT2D eigenvalue weighted by atomic mass is 9.72. The molecule has 2 heterocycles. The van der Waals surface area contributed by atoms with Crippen molar-refractivity contribution in [2.75, 3.05) is 32.8 Å². The molecule has 1 aromatic rings. The Kier molecular flexibility index (Phi) is 5.97. The topological polar surface area (TPSA) is 43.8 Å². The van der Waals surface area contributed by atoms with Gasteiger partial charge >= 0.3 is 0 Å². The van der Waals surface area contributed by atoms with Crippen LogP contribution in [-0.2, 0) is 11.3 Å². The largest absolute Gasteiger partial charge is 0.396 e. The van der Waals surface area contributed by atoms with Crippen LogP contribution >= 0.6 is 11.6 Å². The van der Waals surface area contributed by atoms with Gasteiger partial charge in [0.05, 0.1) is 0 Å². The first-order chi connectivity index (χ1) is 12.0. The number of likely N-dealkylation sites (tertiary alicyclic amines) is 2. The number of amides is 1. The van der Waals surface area contributed by atoms with Gasteiger partial charge in [0, 0.05) is 43.2 Å². The standard InChI is InChI=1S/C19H26ClFN2O2/c20-16-3-2-15(17(21)12-16)13-22-9-6-19(7-10-22)5-4-18(25)23(14-19)8-1-11-24/h2-3,12,24H,1,4-11,13-14H2. The molecule has 0 unspecified atom stereocenters. The first kappa shape index (κ1) is 18.6. The Morgan fingerprint density at radius 2 is 2.00 bits per heavy atom. The van der Waals surface area contributed by atoms with Crippen molar-refractivity contribution in [3.05, 3.63) is 34.6 Å². The number of halogens is 2. The lowest BCUT2D eigenvalue weighted by Crippen LogP contribution is -2.51. The second-order valence-electron chi connectivity index (χ2n) is 7.40. The zero-order valence-corrected chi connectivity index (χ0v) is 15.3. The zero-order chi connectivity index (χ0) is 17.9. The first-order valence-electron chi connectivity index (χ1n) is 9.06. The summed E-state index contributed by atoms with van der Waals surface area (Å²) in [7, 11) is 0. The second kappa shape index (κ2) is 8.02. The highest BCUT2D eigenvalue weighted by Gasteiger charge is 2.40. The summed E-state index contributed by atoms with van der Waals surface area (Å²) >= 11 is 5.82. The number of piperidine rings is 2. The van der Waals surface area contributed by atoms with E-state index < -0.39 is 0 Å². The van der Waals surface area contributed by atoms with E-state index in [2.05, 4.69) is 4.90 Å². The number of nitrogens with zero attached hydrogens (tertiary/aromatic N) is 2. The van der Waals surface area contributed by atoms with Crippen LogP contribution < -0.4 is 0 Å². The summed E-state index contributed by atoms with van der Waals surface area (Å²) in [4.78, 5) is 16.3. The number of carbonyl (C=O) groups is 1. The van der Waals surface area contributed by atoms with Gasteiger partial charge in [-0.05, 0) is 56.3 Å². The summed E-state index contributed by atoms with van der Waals surface area (Å²) in [6.07, 6.45) is 4.27. The number of hydrogen-bond donors (Lipinski definition) is 1. The van der Waals surface area contributed by atoms with Crippen molar-refractivity contribution >= 4 is 17.5 Å². The molecule has 138 valence electrons. The number of aliphatic hydroxyl groups excluding tert-OH is 1. The van der Waals surface area contributed by atoms with Crippen molar-refractivity contribution in [3.63, 3.8) is 0 Å². The Labute approximate surface area is 153 Å². The van der Waals surface area contributed by atoms with E-state index in [0.29, 0.717) is 36.5 Å². The molecule has 1 aromatic carbocycles. The maximum atomic E-state index is 14.0. The minimum absolute atomic E-state index is 0.122. The Bertz CT molecular complexity index is 617. The molecule has 2 saturated heterocycles. The summed E-state index contributed by atoms with van der Waals surface area (Å²) in [5, 5.41) is 9.44. The van der Waals surface area contributed by atoms with Gasteiger partial charge < -0.3 is 10.0 Å². The van der Waals surface area contributed by atoms with Gasteiger partial charge in [0.1, 0.15) is 5.82 Å². The normalized spacial score (nSPS) is 21.1. The molecule has 1 spiro atoms. The molecule has 0 aliphatic carbocycles. The predicted molar refractivity (Wildman–Crippen MR) is 95.9 cm³/mol. The van der Waals surface area contributed by atoms with E-state index in [-0.39, 0.29) is 23.7 Å². The molecule has 2 aliphatic heterocycles. The Balaban J connectivity index is 1.56. The summed E-state index contributed by atoms with van der Waals surface area (Å²) in [6, 6.07) is 4.86. The molecule has 4 nitrogen and oxygen atoms in total. The smallest absolute Gasteiger partial charge is 0.222 e. The van der Waals surface area contributed by atoms with Crippen LogP contribution in [0.15, 0.2) is 18.2 Å². The predicted octanol–water partition coefficient (Wildman–Crippen LogP) is 3.07. The molecule has 2 aliphatic rings. The minimum atomic E-state index is -0.244. The number of rotatable bonds is 5. The van der Waals surface area contributed by atoms with Crippen LogP contribution in [0.2, 0.25) is 5.02 Å². The van der Waals surface area contributed by atoms with Crippen LogP contribution in [0.25, 0.3) is 0 Å². The lowest BCUT2D eigenvalue weighted by Gasteiger charge is -2.47. The number of aliphatic hydroxyl groups is 1. The summed E-state index contributed by atoms with van der Waals surface area (Å²) in [5.74, 6) is -0.0315. The highest BCUT2D eigenvalue weighted by molar-refractivity contribution is 6.30. The fourth-order valence-electron chi connectivity index (χ4n) is 4.05. The van der Waals surface area contributed by atoms with Gasteiger partial charge in [-0.2, -0.15) is 0 Å². The van der Waals surface area contributed by atoms with Crippen molar-refractivity contribution in [2.45, 2.75) is 38.6 Å². The van der Waals surface area contributed by atoms with E-state index in [0.717, 1.165) is 38.9 Å². The third kappa shape index (κ3) is 4.52. The highest BCUT2D eigenvalue weighted by Crippen LogP contribution is 2.40. The van der Waals surface area contributed by atoms with Crippen molar-refractivity contribution in [3.8, 4) is 0 Å². The molecule has 6 heteroatoms. The zero-order valence-electron chi connectivity index (χ0n) is 14.5. The molecule has 0 radical (unpaired) electrons. The Morgan fingerprint density at radius 1 is 1.24 bits per heavy atom. The van der Waals surface area contributed by atoms with Crippen molar-refractivity contribution < 1.29 is 14.3 Å². The summed E-state index contributed by atoms with van der Waals surface area (Å²) in [6.45, 7) is 4.02. The van der Waals surface area contributed by atoms with Gasteiger partial charge in [-0.3, -0.25) is 9.69 Å². The summed E-state index contributed by atoms with van der Waals surface area (Å²) < 4.78 is 14.0. The van der Waals surface area contributed by atoms with Gasteiger partial charge in [-0.25, -0.2) is 4.39 Å². The first-order valence-corrected chi connectivity index (χ1v) is 9.44. The molecule has 25 heavy (non-hydrogen) atoms. The number of hydrogen-bond acceptors (Lipinski definition) is 3. The van der Waals surface area contributed by atoms with Gasteiger partial charge in [-0.15, -0.1) is 0 Å². The van der Waals surface area contributed by atoms with Crippen LogP contribution in [0, 0.1) is 11.2 Å². The molecular formula is C19H26ClFN2O2. The molecule has 0 aromatic heterocycles. The average Bonchev–Trinajstić information content (AvgIpc) is 2.60. The third-order valence-electron chi connectivity index (χ3n) is 5.66. The maximum Gasteiger partial charge on any atom is 0.222 e. The lowest BCUT2D eigenvalue weighted by molar-refractivity contribution is -0.139. The van der Waals surface area contributed by atoms with Gasteiger partial charge in [0.15, 0.2) is 0 Å². The van der Waals surface area contributed by atoms with E-state index in [1.807, 2.05) is 4.90 Å². The number of benzene rings is 1. The third-order valence-corrected chi connectivity index (χ3v) is 5.90. The summed E-state index contributed by atoms with van der Waals surface area (Å²) in [5.41, 5.74) is 0.877.